The monoisotopic (exact) mass is 422 g/mol. The van der Waals surface area contributed by atoms with Crippen LogP contribution in [0.1, 0.15) is 42.8 Å². The number of fused-ring (bicyclic) bond motifs is 1. The second-order valence-corrected chi connectivity index (χ2v) is 9.39. The van der Waals surface area contributed by atoms with Gasteiger partial charge < -0.3 is 14.8 Å². The van der Waals surface area contributed by atoms with Crippen LogP contribution in [0.3, 0.4) is 0 Å². The molecule has 1 saturated heterocycles. The number of nitrogens with one attached hydrogen (secondary N) is 1. The number of benzene rings is 2. The second kappa shape index (κ2) is 9.56. The van der Waals surface area contributed by atoms with Gasteiger partial charge in [-0.15, -0.1) is 11.8 Å². The van der Waals surface area contributed by atoms with Crippen molar-refractivity contribution in [3.05, 3.63) is 59.9 Å². The summed E-state index contributed by atoms with van der Waals surface area (Å²) >= 11 is 1.62. The maximum absolute atomic E-state index is 12.6. The summed E-state index contributed by atoms with van der Waals surface area (Å²) in [5.74, 6) is 1.51. The van der Waals surface area contributed by atoms with Gasteiger partial charge in [-0.3, -0.25) is 4.79 Å². The summed E-state index contributed by atoms with van der Waals surface area (Å²) in [6.07, 6.45) is 3.90. The minimum Gasteiger partial charge on any atom is -0.372 e. The first-order valence-corrected chi connectivity index (χ1v) is 11.8. The summed E-state index contributed by atoms with van der Waals surface area (Å²) in [5.41, 5.74) is 4.47. The SMILES string of the molecule is C[C@@H](SCC(=O)N(C)Cc1ccc(N2CCCCC2)cc1)c1nc2ccccc2[nH]1. The van der Waals surface area contributed by atoms with Crippen LogP contribution in [0, 0.1) is 0 Å². The molecular formula is C24H30N4OS. The van der Waals surface area contributed by atoms with Crippen molar-refractivity contribution < 1.29 is 4.79 Å². The van der Waals surface area contributed by atoms with Gasteiger partial charge in [-0.05, 0) is 56.0 Å². The number of anilines is 1. The Morgan fingerprint density at radius 3 is 2.60 bits per heavy atom. The molecule has 0 radical (unpaired) electrons. The number of aromatic nitrogens is 2. The molecule has 0 saturated carbocycles. The van der Waals surface area contributed by atoms with Crippen molar-refractivity contribution in [1.82, 2.24) is 14.9 Å². The molecule has 1 amide bonds. The molecule has 0 bridgehead atoms. The number of nitrogens with zero attached hydrogens (tertiary/aromatic N) is 3. The molecule has 1 aromatic heterocycles. The third kappa shape index (κ3) is 4.98. The normalized spacial score (nSPS) is 15.3. The molecule has 2 heterocycles. The molecular weight excluding hydrogens is 392 g/mol. The smallest absolute Gasteiger partial charge is 0.232 e. The van der Waals surface area contributed by atoms with Crippen LogP contribution < -0.4 is 4.90 Å². The van der Waals surface area contributed by atoms with Gasteiger partial charge in [0.25, 0.3) is 0 Å². The van der Waals surface area contributed by atoms with Gasteiger partial charge in [0.1, 0.15) is 5.82 Å². The van der Waals surface area contributed by atoms with Gasteiger partial charge in [0.2, 0.25) is 5.91 Å². The van der Waals surface area contributed by atoms with Gasteiger partial charge in [0.05, 0.1) is 22.0 Å². The van der Waals surface area contributed by atoms with E-state index in [4.69, 9.17) is 0 Å². The number of para-hydroxylation sites is 2. The molecule has 3 aromatic rings. The average Bonchev–Trinajstić information content (AvgIpc) is 3.23. The Bertz CT molecular complexity index is 945. The van der Waals surface area contributed by atoms with E-state index in [0.29, 0.717) is 12.3 Å². The Labute approximate surface area is 182 Å². The molecule has 1 atom stereocenters. The van der Waals surface area contributed by atoms with E-state index in [1.54, 1.807) is 11.8 Å². The summed E-state index contributed by atoms with van der Waals surface area (Å²) in [6, 6.07) is 16.7. The first-order valence-electron chi connectivity index (χ1n) is 10.7. The Balaban J connectivity index is 1.28. The number of aromatic amines is 1. The lowest BCUT2D eigenvalue weighted by Crippen LogP contribution is -2.29. The number of thioether (sulfide) groups is 1. The van der Waals surface area contributed by atoms with Crippen LogP contribution in [0.4, 0.5) is 5.69 Å². The first-order chi connectivity index (χ1) is 14.6. The number of rotatable bonds is 7. The van der Waals surface area contributed by atoms with E-state index < -0.39 is 0 Å². The molecule has 2 aromatic carbocycles. The van der Waals surface area contributed by atoms with Crippen LogP contribution in [0.25, 0.3) is 11.0 Å². The number of imidazole rings is 1. The number of hydrogen-bond donors (Lipinski definition) is 1. The van der Waals surface area contributed by atoms with Gasteiger partial charge in [0.15, 0.2) is 0 Å². The zero-order chi connectivity index (χ0) is 20.9. The van der Waals surface area contributed by atoms with Crippen molar-refractivity contribution in [3.8, 4) is 0 Å². The Hall–Kier alpha value is -2.47. The summed E-state index contributed by atoms with van der Waals surface area (Å²) < 4.78 is 0. The Morgan fingerprint density at radius 2 is 1.87 bits per heavy atom. The standard InChI is InChI=1S/C24H30N4OS/c1-18(24-25-21-8-4-5-9-22(21)26-24)30-17-23(29)27(2)16-19-10-12-20(13-11-19)28-14-6-3-7-15-28/h4-5,8-13,18H,3,6-7,14-17H2,1-2H3,(H,25,26)/t18-/m1/s1. The molecule has 1 N–H and O–H groups in total. The average molecular weight is 423 g/mol. The maximum atomic E-state index is 12.6. The molecule has 1 aliphatic rings. The lowest BCUT2D eigenvalue weighted by molar-refractivity contribution is -0.127. The maximum Gasteiger partial charge on any atom is 0.232 e. The number of carbonyl (C=O) groups is 1. The van der Waals surface area contributed by atoms with Crippen molar-refractivity contribution in [2.45, 2.75) is 38.0 Å². The van der Waals surface area contributed by atoms with Crippen molar-refractivity contribution in [3.63, 3.8) is 0 Å². The molecule has 4 rings (SSSR count). The topological polar surface area (TPSA) is 52.2 Å². The van der Waals surface area contributed by atoms with E-state index in [1.165, 1.54) is 30.5 Å². The molecule has 0 aliphatic carbocycles. The molecule has 5 nitrogen and oxygen atoms in total. The van der Waals surface area contributed by atoms with Crippen LogP contribution >= 0.6 is 11.8 Å². The highest BCUT2D eigenvalue weighted by Gasteiger charge is 2.16. The quantitative estimate of drug-likeness (QED) is 0.582. The summed E-state index contributed by atoms with van der Waals surface area (Å²) in [7, 11) is 1.88. The molecule has 158 valence electrons. The number of H-pyrrole nitrogens is 1. The van der Waals surface area contributed by atoms with Crippen LogP contribution in [0.5, 0.6) is 0 Å². The third-order valence-corrected chi connectivity index (χ3v) is 6.89. The largest absolute Gasteiger partial charge is 0.372 e. The first kappa shape index (κ1) is 20.8. The number of carbonyl (C=O) groups excluding carboxylic acids is 1. The summed E-state index contributed by atoms with van der Waals surface area (Å²) in [5, 5.41) is 0.138. The minimum atomic E-state index is 0.138. The zero-order valence-electron chi connectivity index (χ0n) is 17.8. The highest BCUT2D eigenvalue weighted by molar-refractivity contribution is 8.00. The van der Waals surface area contributed by atoms with Gasteiger partial charge in [-0.2, -0.15) is 0 Å². The van der Waals surface area contributed by atoms with E-state index in [1.807, 2.05) is 36.2 Å². The predicted molar refractivity (Wildman–Crippen MR) is 126 cm³/mol. The molecule has 0 spiro atoms. The molecule has 6 heteroatoms. The fourth-order valence-electron chi connectivity index (χ4n) is 3.88. The van der Waals surface area contributed by atoms with Crippen LogP contribution in [-0.4, -0.2) is 46.7 Å². The molecule has 1 fully saturated rings. The van der Waals surface area contributed by atoms with Crippen LogP contribution in [-0.2, 0) is 11.3 Å². The number of hydrogen-bond acceptors (Lipinski definition) is 4. The van der Waals surface area contributed by atoms with Gasteiger partial charge in [-0.1, -0.05) is 24.3 Å². The third-order valence-electron chi connectivity index (χ3n) is 5.75. The fourth-order valence-corrected chi connectivity index (χ4v) is 4.76. The zero-order valence-corrected chi connectivity index (χ0v) is 18.6. The summed E-state index contributed by atoms with van der Waals surface area (Å²) in [4.78, 5) is 24.9. The van der Waals surface area contributed by atoms with Crippen molar-refractivity contribution in [2.75, 3.05) is 30.8 Å². The Kier molecular flexibility index (Phi) is 6.62. The van der Waals surface area contributed by atoms with Crippen LogP contribution in [0.2, 0.25) is 0 Å². The predicted octanol–water partition coefficient (Wildman–Crippen LogP) is 5.01. The fraction of sp³-hybridized carbons (Fsp3) is 0.417. The van der Waals surface area contributed by atoms with Gasteiger partial charge >= 0.3 is 0 Å². The van der Waals surface area contributed by atoms with E-state index in [0.717, 1.165) is 29.9 Å². The molecule has 30 heavy (non-hydrogen) atoms. The van der Waals surface area contributed by atoms with E-state index in [-0.39, 0.29) is 11.2 Å². The highest BCUT2D eigenvalue weighted by Crippen LogP contribution is 2.28. The highest BCUT2D eigenvalue weighted by atomic mass is 32.2. The van der Waals surface area contributed by atoms with Gasteiger partial charge in [-0.25, -0.2) is 4.98 Å². The van der Waals surface area contributed by atoms with Crippen LogP contribution in [0.15, 0.2) is 48.5 Å². The van der Waals surface area contributed by atoms with Gasteiger partial charge in [0, 0.05) is 32.4 Å². The molecule has 1 aliphatic heterocycles. The molecule has 0 unspecified atom stereocenters. The van der Waals surface area contributed by atoms with Crippen molar-refractivity contribution in [2.24, 2.45) is 0 Å². The number of amides is 1. The lowest BCUT2D eigenvalue weighted by Gasteiger charge is -2.29. The Morgan fingerprint density at radius 1 is 1.13 bits per heavy atom. The van der Waals surface area contributed by atoms with E-state index in [9.17, 15) is 4.79 Å². The van der Waals surface area contributed by atoms with E-state index in [2.05, 4.69) is 46.1 Å². The minimum absolute atomic E-state index is 0.138. The summed E-state index contributed by atoms with van der Waals surface area (Å²) in [6.45, 7) is 5.03. The number of piperidine rings is 1. The van der Waals surface area contributed by atoms with Crippen molar-refractivity contribution in [1.29, 1.82) is 0 Å². The van der Waals surface area contributed by atoms with E-state index >= 15 is 0 Å². The van der Waals surface area contributed by atoms with Crippen molar-refractivity contribution >= 4 is 34.4 Å². The lowest BCUT2D eigenvalue weighted by atomic mass is 10.1. The second-order valence-electron chi connectivity index (χ2n) is 8.06.